The molecule has 0 aromatic heterocycles. The first-order chi connectivity index (χ1) is 12.3. The lowest BCUT2D eigenvalue weighted by atomic mass is 10.1. The maximum absolute atomic E-state index is 12.5. The van der Waals surface area contributed by atoms with E-state index in [0.29, 0.717) is 5.75 Å². The lowest BCUT2D eigenvalue weighted by Gasteiger charge is -2.23. The molecule has 0 radical (unpaired) electrons. The molecule has 0 saturated carbocycles. The van der Waals surface area contributed by atoms with Gasteiger partial charge in [-0.25, -0.2) is 4.79 Å². The molecular formula is C22H24O4. The molecule has 1 atom stereocenters. The van der Waals surface area contributed by atoms with Gasteiger partial charge in [-0.15, -0.1) is 0 Å². The van der Waals surface area contributed by atoms with Crippen molar-refractivity contribution in [1.82, 2.24) is 0 Å². The zero-order chi connectivity index (χ0) is 19.2. The highest BCUT2D eigenvalue weighted by Crippen LogP contribution is 2.18. The number of esters is 1. The number of ether oxygens (including phenoxy) is 2. The molecular weight excluding hydrogens is 328 g/mol. The number of carbonyl (C=O) groups is 1. The number of rotatable bonds is 6. The first kappa shape index (κ1) is 19.3. The SMILES string of the molecule is C=Cc1ccc(OC(C=Cc2ccc(O)cc2)C(=O)OC(C)(C)C)cc1. The van der Waals surface area contributed by atoms with E-state index in [-0.39, 0.29) is 5.75 Å². The van der Waals surface area contributed by atoms with Crippen LogP contribution in [-0.4, -0.2) is 22.8 Å². The van der Waals surface area contributed by atoms with Crippen molar-refractivity contribution in [3.8, 4) is 11.5 Å². The first-order valence-corrected chi connectivity index (χ1v) is 8.36. The Kier molecular flexibility index (Phi) is 6.23. The Morgan fingerprint density at radius 2 is 1.62 bits per heavy atom. The lowest BCUT2D eigenvalue weighted by molar-refractivity contribution is -0.161. The van der Waals surface area contributed by atoms with E-state index in [4.69, 9.17) is 9.47 Å². The fourth-order valence-corrected chi connectivity index (χ4v) is 2.14. The van der Waals surface area contributed by atoms with E-state index in [2.05, 4.69) is 6.58 Å². The molecule has 1 unspecified atom stereocenters. The van der Waals surface area contributed by atoms with Crippen LogP contribution in [0.1, 0.15) is 31.9 Å². The molecule has 2 rings (SSSR count). The average molecular weight is 352 g/mol. The number of hydrogen-bond donors (Lipinski definition) is 1. The van der Waals surface area contributed by atoms with E-state index in [1.54, 1.807) is 54.6 Å². The number of aromatic hydroxyl groups is 1. The maximum Gasteiger partial charge on any atom is 0.352 e. The summed E-state index contributed by atoms with van der Waals surface area (Å²) in [4.78, 5) is 12.5. The van der Waals surface area contributed by atoms with Gasteiger partial charge in [-0.3, -0.25) is 0 Å². The Balaban J connectivity index is 2.20. The van der Waals surface area contributed by atoms with Gasteiger partial charge in [0, 0.05) is 0 Å². The van der Waals surface area contributed by atoms with Crippen LogP contribution >= 0.6 is 0 Å². The van der Waals surface area contributed by atoms with Gasteiger partial charge in [0.2, 0.25) is 6.10 Å². The summed E-state index contributed by atoms with van der Waals surface area (Å²) in [6.07, 6.45) is 4.24. The van der Waals surface area contributed by atoms with Crippen LogP contribution in [0.25, 0.3) is 12.2 Å². The summed E-state index contributed by atoms with van der Waals surface area (Å²) < 4.78 is 11.3. The number of phenolic OH excluding ortho intramolecular Hbond substituents is 1. The van der Waals surface area contributed by atoms with E-state index < -0.39 is 17.7 Å². The van der Waals surface area contributed by atoms with E-state index in [0.717, 1.165) is 11.1 Å². The van der Waals surface area contributed by atoms with Crippen molar-refractivity contribution in [3.63, 3.8) is 0 Å². The van der Waals surface area contributed by atoms with Gasteiger partial charge in [-0.1, -0.05) is 43.0 Å². The Hall–Kier alpha value is -3.01. The highest BCUT2D eigenvalue weighted by molar-refractivity contribution is 5.79. The van der Waals surface area contributed by atoms with Gasteiger partial charge in [0.15, 0.2) is 0 Å². The first-order valence-electron chi connectivity index (χ1n) is 8.36. The van der Waals surface area contributed by atoms with Gasteiger partial charge in [-0.2, -0.15) is 0 Å². The van der Waals surface area contributed by atoms with Crippen LogP contribution < -0.4 is 4.74 Å². The normalized spacial score (nSPS) is 12.6. The molecule has 0 fully saturated rings. The van der Waals surface area contributed by atoms with Crippen LogP contribution in [0.5, 0.6) is 11.5 Å². The summed E-state index contributed by atoms with van der Waals surface area (Å²) in [5, 5.41) is 9.36. The van der Waals surface area contributed by atoms with Gasteiger partial charge < -0.3 is 14.6 Å². The molecule has 0 aliphatic rings. The molecule has 0 aliphatic heterocycles. The molecule has 4 nitrogen and oxygen atoms in total. The molecule has 2 aromatic rings. The summed E-state index contributed by atoms with van der Waals surface area (Å²) in [6.45, 7) is 9.15. The third-order valence-electron chi connectivity index (χ3n) is 3.37. The van der Waals surface area contributed by atoms with Crippen molar-refractivity contribution in [2.75, 3.05) is 0 Å². The minimum Gasteiger partial charge on any atom is -0.508 e. The summed E-state index contributed by atoms with van der Waals surface area (Å²) >= 11 is 0. The predicted octanol–water partition coefficient (Wildman–Crippen LogP) is 4.84. The third kappa shape index (κ3) is 6.13. The van der Waals surface area contributed by atoms with Crippen LogP contribution in [0, 0.1) is 0 Å². The van der Waals surface area contributed by atoms with Crippen molar-refractivity contribution in [2.24, 2.45) is 0 Å². The van der Waals surface area contributed by atoms with Crippen molar-refractivity contribution >= 4 is 18.1 Å². The highest BCUT2D eigenvalue weighted by Gasteiger charge is 2.24. The molecule has 0 saturated heterocycles. The van der Waals surface area contributed by atoms with Gasteiger partial charge in [0.05, 0.1) is 0 Å². The van der Waals surface area contributed by atoms with E-state index >= 15 is 0 Å². The fraction of sp³-hybridized carbons (Fsp3) is 0.227. The smallest absolute Gasteiger partial charge is 0.352 e. The molecule has 0 heterocycles. The minimum atomic E-state index is -0.891. The van der Waals surface area contributed by atoms with Crippen molar-refractivity contribution in [2.45, 2.75) is 32.5 Å². The second-order valence-electron chi connectivity index (χ2n) is 6.80. The Labute approximate surface area is 154 Å². The molecule has 136 valence electrons. The van der Waals surface area contributed by atoms with E-state index in [1.807, 2.05) is 32.9 Å². The van der Waals surface area contributed by atoms with Crippen LogP contribution in [0.15, 0.2) is 61.2 Å². The van der Waals surface area contributed by atoms with Crippen LogP contribution in [0.4, 0.5) is 0 Å². The average Bonchev–Trinajstić information content (AvgIpc) is 2.59. The largest absolute Gasteiger partial charge is 0.508 e. The third-order valence-corrected chi connectivity index (χ3v) is 3.37. The monoisotopic (exact) mass is 352 g/mol. The second kappa shape index (κ2) is 8.39. The highest BCUT2D eigenvalue weighted by atomic mass is 16.6. The summed E-state index contributed by atoms with van der Waals surface area (Å²) in [5.41, 5.74) is 1.19. The maximum atomic E-state index is 12.5. The van der Waals surface area contributed by atoms with Gasteiger partial charge in [0.25, 0.3) is 0 Å². The van der Waals surface area contributed by atoms with Crippen LogP contribution in [0.3, 0.4) is 0 Å². The quantitative estimate of drug-likeness (QED) is 0.756. The lowest BCUT2D eigenvalue weighted by Crippen LogP contribution is -2.34. The summed E-state index contributed by atoms with van der Waals surface area (Å²) in [5.74, 6) is 0.270. The van der Waals surface area contributed by atoms with Crippen molar-refractivity contribution < 1.29 is 19.4 Å². The predicted molar refractivity (Wildman–Crippen MR) is 104 cm³/mol. The van der Waals surface area contributed by atoms with Crippen LogP contribution in [-0.2, 0) is 9.53 Å². The zero-order valence-electron chi connectivity index (χ0n) is 15.3. The second-order valence-corrected chi connectivity index (χ2v) is 6.80. The number of hydrogen-bond acceptors (Lipinski definition) is 4. The standard InChI is InChI=1S/C22H24O4/c1-5-16-8-13-19(14-9-16)25-20(21(24)26-22(2,3)4)15-10-17-6-11-18(23)12-7-17/h5-15,20,23H,1H2,2-4H3. The molecule has 4 heteroatoms. The van der Waals surface area contributed by atoms with Gasteiger partial charge >= 0.3 is 5.97 Å². The van der Waals surface area contributed by atoms with Gasteiger partial charge in [0.1, 0.15) is 17.1 Å². The fourth-order valence-electron chi connectivity index (χ4n) is 2.14. The van der Waals surface area contributed by atoms with Gasteiger partial charge in [-0.05, 0) is 62.2 Å². The molecule has 0 spiro atoms. The van der Waals surface area contributed by atoms with E-state index in [9.17, 15) is 9.90 Å². The number of benzene rings is 2. The van der Waals surface area contributed by atoms with E-state index in [1.165, 1.54) is 0 Å². The topological polar surface area (TPSA) is 55.8 Å². The summed E-state index contributed by atoms with van der Waals surface area (Å²) in [7, 11) is 0. The molecule has 0 bridgehead atoms. The Bertz CT molecular complexity index is 765. The van der Waals surface area contributed by atoms with Crippen molar-refractivity contribution in [3.05, 3.63) is 72.3 Å². The minimum absolute atomic E-state index is 0.185. The van der Waals surface area contributed by atoms with Crippen LogP contribution in [0.2, 0.25) is 0 Å². The number of phenols is 1. The Morgan fingerprint density at radius 3 is 2.15 bits per heavy atom. The molecule has 26 heavy (non-hydrogen) atoms. The molecule has 0 aliphatic carbocycles. The summed E-state index contributed by atoms with van der Waals surface area (Å²) in [6, 6.07) is 13.9. The van der Waals surface area contributed by atoms with Crippen molar-refractivity contribution in [1.29, 1.82) is 0 Å². The zero-order valence-corrected chi connectivity index (χ0v) is 15.3. The number of carbonyl (C=O) groups excluding carboxylic acids is 1. The molecule has 2 aromatic carbocycles. The molecule has 0 amide bonds. The Morgan fingerprint density at radius 1 is 1.04 bits per heavy atom. The molecule has 1 N–H and O–H groups in total.